The molecule has 1 unspecified atom stereocenters. The van der Waals surface area contributed by atoms with Crippen LogP contribution in [-0.4, -0.2) is 31.7 Å². The van der Waals surface area contributed by atoms with E-state index in [9.17, 15) is 0 Å². The van der Waals surface area contributed by atoms with Crippen molar-refractivity contribution in [1.29, 1.82) is 0 Å². The van der Waals surface area contributed by atoms with Gasteiger partial charge in [0.2, 0.25) is 0 Å². The van der Waals surface area contributed by atoms with E-state index >= 15 is 0 Å². The largest absolute Gasteiger partial charge is 0.330 e. The monoisotopic (exact) mass is 161 g/mol. The smallest absolute Gasteiger partial charge is 0.0224 e. The van der Waals surface area contributed by atoms with Crippen molar-refractivity contribution < 1.29 is 0 Å². The van der Waals surface area contributed by atoms with Gasteiger partial charge >= 0.3 is 0 Å². The van der Waals surface area contributed by atoms with Gasteiger partial charge in [0.05, 0.1) is 0 Å². The van der Waals surface area contributed by atoms with E-state index in [1.807, 2.05) is 33.0 Å². The minimum atomic E-state index is 0.528. The minimum absolute atomic E-state index is 0.528. The molecule has 3 heteroatoms. The second-order valence-electron chi connectivity index (χ2n) is 2.26. The molecule has 0 radical (unpaired) electrons. The minimum Gasteiger partial charge on any atom is -0.330 e. The zero-order valence-corrected chi connectivity index (χ0v) is 8.52. The van der Waals surface area contributed by atoms with Crippen molar-refractivity contribution in [2.75, 3.05) is 20.6 Å². The zero-order valence-electron chi connectivity index (χ0n) is 8.52. The number of hydrazine groups is 1. The van der Waals surface area contributed by atoms with Crippen LogP contribution in [0.2, 0.25) is 0 Å². The number of nitrogens with one attached hydrogen (secondary N) is 1. The van der Waals surface area contributed by atoms with E-state index in [1.165, 1.54) is 0 Å². The van der Waals surface area contributed by atoms with Gasteiger partial charge in [-0.25, -0.2) is 5.01 Å². The Balaban J connectivity index is 0. The van der Waals surface area contributed by atoms with E-state index in [1.54, 1.807) is 0 Å². The third-order valence-corrected chi connectivity index (χ3v) is 1.60. The first-order chi connectivity index (χ1) is 5.22. The predicted octanol–water partition coefficient (Wildman–Crippen LogP) is 0.816. The van der Waals surface area contributed by atoms with Crippen molar-refractivity contribution in [2.45, 2.75) is 33.2 Å². The molecule has 0 spiro atoms. The second-order valence-corrected chi connectivity index (χ2v) is 2.26. The van der Waals surface area contributed by atoms with Crippen LogP contribution in [0.15, 0.2) is 0 Å². The lowest BCUT2D eigenvalue weighted by atomic mass is 10.2. The van der Waals surface area contributed by atoms with Gasteiger partial charge in [-0.3, -0.25) is 5.43 Å². The number of hydrogen-bond acceptors (Lipinski definition) is 3. The summed E-state index contributed by atoms with van der Waals surface area (Å²) in [6.07, 6.45) is 1.04. The summed E-state index contributed by atoms with van der Waals surface area (Å²) < 4.78 is 0. The first-order valence-corrected chi connectivity index (χ1v) is 4.32. The zero-order chi connectivity index (χ0) is 9.28. The molecule has 0 aliphatic rings. The highest BCUT2D eigenvalue weighted by Gasteiger charge is 2.03. The van der Waals surface area contributed by atoms with E-state index in [-0.39, 0.29) is 0 Å². The number of nitrogens with zero attached hydrogens (tertiary/aromatic N) is 1. The van der Waals surface area contributed by atoms with Crippen molar-refractivity contribution in [1.82, 2.24) is 10.4 Å². The van der Waals surface area contributed by atoms with Gasteiger partial charge in [-0.2, -0.15) is 0 Å². The number of rotatable bonds is 4. The topological polar surface area (TPSA) is 41.3 Å². The van der Waals surface area contributed by atoms with Gasteiger partial charge in [-0.15, -0.1) is 0 Å². The molecular formula is C8H23N3. The molecule has 70 valence electrons. The van der Waals surface area contributed by atoms with Crippen molar-refractivity contribution >= 4 is 0 Å². The predicted molar refractivity (Wildman–Crippen MR) is 51.3 cm³/mol. The maximum absolute atomic E-state index is 5.37. The molecule has 1 atom stereocenters. The van der Waals surface area contributed by atoms with Gasteiger partial charge in [-0.05, 0) is 26.9 Å². The molecule has 0 aromatic rings. The SMILES string of the molecule is CC.CNN(C)C(C)CCN. The van der Waals surface area contributed by atoms with E-state index in [4.69, 9.17) is 5.73 Å². The lowest BCUT2D eigenvalue weighted by molar-refractivity contribution is 0.187. The Morgan fingerprint density at radius 1 is 1.45 bits per heavy atom. The van der Waals surface area contributed by atoms with E-state index in [2.05, 4.69) is 12.3 Å². The Bertz CT molecular complexity index is 66.4. The molecule has 0 heterocycles. The Morgan fingerprint density at radius 2 is 1.91 bits per heavy atom. The van der Waals surface area contributed by atoms with Crippen LogP contribution >= 0.6 is 0 Å². The van der Waals surface area contributed by atoms with Crippen LogP contribution in [0.1, 0.15) is 27.2 Å². The van der Waals surface area contributed by atoms with Crippen LogP contribution < -0.4 is 11.2 Å². The summed E-state index contributed by atoms with van der Waals surface area (Å²) in [6.45, 7) is 6.90. The normalized spacial score (nSPS) is 12.3. The summed E-state index contributed by atoms with van der Waals surface area (Å²) in [5.41, 5.74) is 8.39. The quantitative estimate of drug-likeness (QED) is 0.600. The molecule has 0 rings (SSSR count). The molecule has 0 aromatic carbocycles. The molecule has 3 N–H and O–H groups in total. The molecule has 0 saturated heterocycles. The third kappa shape index (κ3) is 7.78. The lowest BCUT2D eigenvalue weighted by Gasteiger charge is -2.22. The van der Waals surface area contributed by atoms with E-state index in [0.29, 0.717) is 6.04 Å². The van der Waals surface area contributed by atoms with Gasteiger partial charge in [0.25, 0.3) is 0 Å². The van der Waals surface area contributed by atoms with Gasteiger partial charge in [0.1, 0.15) is 0 Å². The number of hydrogen-bond donors (Lipinski definition) is 2. The van der Waals surface area contributed by atoms with Gasteiger partial charge in [0.15, 0.2) is 0 Å². The Labute approximate surface area is 70.9 Å². The average Bonchev–Trinajstić information content (AvgIpc) is 2.07. The molecule has 0 bridgehead atoms. The van der Waals surface area contributed by atoms with Crippen LogP contribution in [0.3, 0.4) is 0 Å². The van der Waals surface area contributed by atoms with Crippen molar-refractivity contribution in [2.24, 2.45) is 5.73 Å². The summed E-state index contributed by atoms with van der Waals surface area (Å²) in [4.78, 5) is 0. The van der Waals surface area contributed by atoms with Crippen molar-refractivity contribution in [3.05, 3.63) is 0 Å². The summed E-state index contributed by atoms with van der Waals surface area (Å²) in [5, 5.41) is 2.05. The van der Waals surface area contributed by atoms with E-state index in [0.717, 1.165) is 13.0 Å². The Kier molecular flexibility index (Phi) is 12.1. The van der Waals surface area contributed by atoms with Gasteiger partial charge in [0, 0.05) is 13.1 Å². The first kappa shape index (κ1) is 13.5. The highest BCUT2D eigenvalue weighted by Crippen LogP contribution is 1.93. The standard InChI is InChI=1S/C6H17N3.C2H6/c1-6(4-5-7)9(3)8-2;1-2/h6,8H,4-5,7H2,1-3H3;1-2H3. The van der Waals surface area contributed by atoms with Gasteiger partial charge < -0.3 is 5.73 Å². The van der Waals surface area contributed by atoms with Crippen molar-refractivity contribution in [3.63, 3.8) is 0 Å². The molecule has 0 fully saturated rings. The summed E-state index contributed by atoms with van der Waals surface area (Å²) in [7, 11) is 3.92. The molecule has 3 nitrogen and oxygen atoms in total. The highest BCUT2D eigenvalue weighted by molar-refractivity contribution is 4.57. The molecule has 11 heavy (non-hydrogen) atoms. The molecule has 0 aliphatic heterocycles. The van der Waals surface area contributed by atoms with Crippen LogP contribution in [-0.2, 0) is 0 Å². The maximum Gasteiger partial charge on any atom is 0.0224 e. The average molecular weight is 161 g/mol. The lowest BCUT2D eigenvalue weighted by Crippen LogP contribution is -2.39. The summed E-state index contributed by atoms with van der Waals surface area (Å²) >= 11 is 0. The number of nitrogens with two attached hydrogens (primary N) is 1. The van der Waals surface area contributed by atoms with Gasteiger partial charge in [-0.1, -0.05) is 13.8 Å². The van der Waals surface area contributed by atoms with Crippen LogP contribution in [0, 0.1) is 0 Å². The van der Waals surface area contributed by atoms with Crippen LogP contribution in [0.4, 0.5) is 0 Å². The molecular weight excluding hydrogens is 138 g/mol. The van der Waals surface area contributed by atoms with Crippen LogP contribution in [0.25, 0.3) is 0 Å². The second kappa shape index (κ2) is 9.88. The van der Waals surface area contributed by atoms with Crippen LogP contribution in [0.5, 0.6) is 0 Å². The first-order valence-electron chi connectivity index (χ1n) is 4.32. The maximum atomic E-state index is 5.37. The van der Waals surface area contributed by atoms with Crippen molar-refractivity contribution in [3.8, 4) is 0 Å². The Morgan fingerprint density at radius 3 is 2.18 bits per heavy atom. The Hall–Kier alpha value is -0.120. The molecule has 0 aliphatic carbocycles. The molecule has 0 aromatic heterocycles. The molecule has 0 amide bonds. The third-order valence-electron chi connectivity index (χ3n) is 1.60. The fraction of sp³-hybridized carbons (Fsp3) is 1.00. The summed E-state index contributed by atoms with van der Waals surface area (Å²) in [5.74, 6) is 0. The fourth-order valence-corrected chi connectivity index (χ4v) is 0.655. The molecule has 0 saturated carbocycles. The highest BCUT2D eigenvalue weighted by atomic mass is 15.5. The summed E-state index contributed by atoms with van der Waals surface area (Å²) in [6, 6.07) is 0.528. The van der Waals surface area contributed by atoms with E-state index < -0.39 is 0 Å². The fourth-order valence-electron chi connectivity index (χ4n) is 0.655.